The van der Waals surface area contributed by atoms with Gasteiger partial charge in [-0.3, -0.25) is 0 Å². The predicted molar refractivity (Wildman–Crippen MR) is 68.5 cm³/mol. The molecule has 3 rings (SSSR count). The van der Waals surface area contributed by atoms with Gasteiger partial charge in [-0.25, -0.2) is 9.37 Å². The Kier molecular flexibility index (Phi) is 2.16. The molecular formula is C12H10FN3S. The number of nitrogens with one attached hydrogen (secondary N) is 1. The van der Waals surface area contributed by atoms with Crippen LogP contribution in [-0.4, -0.2) is 9.97 Å². The summed E-state index contributed by atoms with van der Waals surface area (Å²) in [6.45, 7) is 1.94. The molecule has 0 unspecified atom stereocenters. The number of fused-ring (bicyclic) bond motifs is 1. The van der Waals surface area contributed by atoms with Crippen LogP contribution in [0.25, 0.3) is 21.5 Å². The summed E-state index contributed by atoms with van der Waals surface area (Å²) in [5.74, 6) is -0.369. The summed E-state index contributed by atoms with van der Waals surface area (Å²) >= 11 is 1.57. The molecule has 2 heterocycles. The minimum absolute atomic E-state index is 0.170. The largest absolute Gasteiger partial charge is 0.396 e. The first kappa shape index (κ1) is 10.3. The second-order valence-corrected chi connectivity index (χ2v) is 5.09. The first-order valence-corrected chi connectivity index (χ1v) is 5.96. The van der Waals surface area contributed by atoms with Crippen molar-refractivity contribution in [3.05, 3.63) is 35.2 Å². The first-order valence-electron chi connectivity index (χ1n) is 5.14. The van der Waals surface area contributed by atoms with Gasteiger partial charge in [-0.15, -0.1) is 11.3 Å². The molecule has 5 heteroatoms. The molecule has 0 spiro atoms. The van der Waals surface area contributed by atoms with Gasteiger partial charge in [-0.1, -0.05) is 0 Å². The van der Waals surface area contributed by atoms with Crippen molar-refractivity contribution >= 4 is 27.9 Å². The highest BCUT2D eigenvalue weighted by Crippen LogP contribution is 2.30. The number of anilines is 1. The van der Waals surface area contributed by atoms with E-state index in [1.54, 1.807) is 35.7 Å². The third kappa shape index (κ3) is 1.59. The van der Waals surface area contributed by atoms with Crippen molar-refractivity contribution < 1.29 is 4.39 Å². The van der Waals surface area contributed by atoms with E-state index in [2.05, 4.69) is 9.97 Å². The van der Waals surface area contributed by atoms with E-state index in [4.69, 9.17) is 5.73 Å². The molecule has 0 atom stereocenters. The number of aryl methyl sites for hydroxylation is 1. The molecule has 0 aliphatic rings. The molecule has 0 radical (unpaired) electrons. The van der Waals surface area contributed by atoms with Crippen LogP contribution in [0.3, 0.4) is 0 Å². The number of benzene rings is 1. The van der Waals surface area contributed by atoms with E-state index >= 15 is 0 Å². The summed E-state index contributed by atoms with van der Waals surface area (Å²) in [7, 11) is 0. The van der Waals surface area contributed by atoms with Crippen LogP contribution in [0, 0.1) is 12.7 Å². The maximum absolute atomic E-state index is 13.8. The van der Waals surface area contributed by atoms with Gasteiger partial charge in [-0.05, 0) is 25.1 Å². The zero-order valence-corrected chi connectivity index (χ0v) is 9.94. The Labute approximate surface area is 101 Å². The number of nitrogen functional groups attached to an aromatic ring is 1. The lowest BCUT2D eigenvalue weighted by molar-refractivity contribution is 0.644. The van der Waals surface area contributed by atoms with Crippen molar-refractivity contribution in [1.82, 2.24) is 9.97 Å². The van der Waals surface area contributed by atoms with Crippen LogP contribution in [0.2, 0.25) is 0 Å². The zero-order valence-electron chi connectivity index (χ0n) is 9.12. The fourth-order valence-electron chi connectivity index (χ4n) is 1.80. The van der Waals surface area contributed by atoms with Crippen molar-refractivity contribution in [3.63, 3.8) is 0 Å². The molecule has 1 aromatic carbocycles. The summed E-state index contributed by atoms with van der Waals surface area (Å²) < 4.78 is 13.8. The number of aromatic amines is 1. The Morgan fingerprint density at radius 2 is 2.24 bits per heavy atom. The van der Waals surface area contributed by atoms with Crippen LogP contribution in [0.5, 0.6) is 0 Å². The van der Waals surface area contributed by atoms with Gasteiger partial charge in [0.25, 0.3) is 0 Å². The van der Waals surface area contributed by atoms with Gasteiger partial charge in [-0.2, -0.15) is 0 Å². The SMILES string of the molecule is Cc1ncc(-c2cc3c(F)c(N)ccc3[nH]2)s1. The van der Waals surface area contributed by atoms with Crippen molar-refractivity contribution in [2.75, 3.05) is 5.73 Å². The number of rotatable bonds is 1. The monoisotopic (exact) mass is 247 g/mol. The van der Waals surface area contributed by atoms with Gasteiger partial charge < -0.3 is 10.7 Å². The third-order valence-corrected chi connectivity index (χ3v) is 3.60. The Morgan fingerprint density at radius 1 is 1.41 bits per heavy atom. The Bertz CT molecular complexity index is 699. The smallest absolute Gasteiger partial charge is 0.155 e. The lowest BCUT2D eigenvalue weighted by Crippen LogP contribution is -1.89. The Balaban J connectivity index is 2.23. The van der Waals surface area contributed by atoms with Crippen molar-refractivity contribution in [1.29, 1.82) is 0 Å². The molecule has 0 saturated heterocycles. The molecule has 0 fully saturated rings. The van der Waals surface area contributed by atoms with Crippen LogP contribution in [0.4, 0.5) is 10.1 Å². The maximum atomic E-state index is 13.8. The minimum Gasteiger partial charge on any atom is -0.396 e. The molecule has 0 saturated carbocycles. The number of H-pyrrole nitrogens is 1. The molecule has 0 aliphatic heterocycles. The van der Waals surface area contributed by atoms with E-state index < -0.39 is 0 Å². The normalized spacial score (nSPS) is 11.2. The molecule has 0 aliphatic carbocycles. The molecule has 3 N–H and O–H groups in total. The zero-order chi connectivity index (χ0) is 12.0. The Hall–Kier alpha value is -1.88. The molecule has 17 heavy (non-hydrogen) atoms. The van der Waals surface area contributed by atoms with E-state index in [-0.39, 0.29) is 11.5 Å². The maximum Gasteiger partial charge on any atom is 0.155 e. The first-order chi connectivity index (χ1) is 8.15. The highest BCUT2D eigenvalue weighted by molar-refractivity contribution is 7.15. The molecule has 0 amide bonds. The molecular weight excluding hydrogens is 237 g/mol. The Morgan fingerprint density at radius 3 is 2.94 bits per heavy atom. The van der Waals surface area contributed by atoms with Crippen LogP contribution < -0.4 is 5.73 Å². The van der Waals surface area contributed by atoms with E-state index in [1.807, 2.05) is 6.92 Å². The highest BCUT2D eigenvalue weighted by atomic mass is 32.1. The van der Waals surface area contributed by atoms with Crippen molar-refractivity contribution in [3.8, 4) is 10.6 Å². The minimum atomic E-state index is -0.369. The topological polar surface area (TPSA) is 54.7 Å². The van der Waals surface area contributed by atoms with Gasteiger partial charge in [0.15, 0.2) is 5.82 Å². The summed E-state index contributed by atoms with van der Waals surface area (Å²) in [5, 5.41) is 1.50. The van der Waals surface area contributed by atoms with E-state index in [9.17, 15) is 4.39 Å². The molecule has 3 aromatic rings. The third-order valence-electron chi connectivity index (χ3n) is 2.65. The summed E-state index contributed by atoms with van der Waals surface area (Å²) in [6.07, 6.45) is 1.78. The van der Waals surface area contributed by atoms with Crippen molar-refractivity contribution in [2.45, 2.75) is 6.92 Å². The van der Waals surface area contributed by atoms with Crippen LogP contribution in [-0.2, 0) is 0 Å². The van der Waals surface area contributed by atoms with Crippen LogP contribution in [0.1, 0.15) is 5.01 Å². The van der Waals surface area contributed by atoms with Gasteiger partial charge >= 0.3 is 0 Å². The number of hydrogen-bond acceptors (Lipinski definition) is 3. The fraction of sp³-hybridized carbons (Fsp3) is 0.0833. The lowest BCUT2D eigenvalue weighted by Gasteiger charge is -1.95. The van der Waals surface area contributed by atoms with Crippen LogP contribution >= 0.6 is 11.3 Å². The lowest BCUT2D eigenvalue weighted by atomic mass is 10.2. The molecule has 2 aromatic heterocycles. The summed E-state index contributed by atoms with van der Waals surface area (Å²) in [6, 6.07) is 5.12. The molecule has 0 bridgehead atoms. The number of aromatic nitrogens is 2. The number of nitrogens with two attached hydrogens (primary N) is 1. The quantitative estimate of drug-likeness (QED) is 0.648. The summed E-state index contributed by atoms with van der Waals surface area (Å²) in [5.41, 5.74) is 7.33. The van der Waals surface area contributed by atoms with Gasteiger partial charge in [0.05, 0.1) is 21.3 Å². The van der Waals surface area contributed by atoms with Gasteiger partial charge in [0.1, 0.15) is 0 Å². The van der Waals surface area contributed by atoms with Gasteiger partial charge in [0, 0.05) is 17.1 Å². The molecule has 3 nitrogen and oxygen atoms in total. The van der Waals surface area contributed by atoms with E-state index in [1.165, 1.54) is 0 Å². The number of thiazole rings is 1. The van der Waals surface area contributed by atoms with E-state index in [0.717, 1.165) is 21.1 Å². The second-order valence-electron chi connectivity index (χ2n) is 3.86. The van der Waals surface area contributed by atoms with Crippen LogP contribution in [0.15, 0.2) is 24.4 Å². The number of halogens is 1. The summed E-state index contributed by atoms with van der Waals surface area (Å²) in [4.78, 5) is 8.35. The number of hydrogen-bond donors (Lipinski definition) is 2. The fourth-order valence-corrected chi connectivity index (χ4v) is 2.55. The molecule has 86 valence electrons. The van der Waals surface area contributed by atoms with Crippen molar-refractivity contribution in [2.24, 2.45) is 0 Å². The number of nitrogens with zero attached hydrogens (tertiary/aromatic N) is 1. The average molecular weight is 247 g/mol. The average Bonchev–Trinajstić information content (AvgIpc) is 2.90. The predicted octanol–water partition coefficient (Wildman–Crippen LogP) is 3.32. The second kappa shape index (κ2) is 3.56. The van der Waals surface area contributed by atoms with Gasteiger partial charge in [0.2, 0.25) is 0 Å². The van der Waals surface area contributed by atoms with E-state index in [0.29, 0.717) is 5.39 Å². The standard InChI is InChI=1S/C12H10FN3S/c1-6-15-5-11(17-6)10-4-7-9(16-10)3-2-8(14)12(7)13/h2-5,16H,14H2,1H3. The highest BCUT2D eigenvalue weighted by Gasteiger charge is 2.10.